The van der Waals surface area contributed by atoms with E-state index in [0.29, 0.717) is 0 Å². The Kier molecular flexibility index (Phi) is 3.17. The van der Waals surface area contributed by atoms with Gasteiger partial charge in [-0.15, -0.1) is 0 Å². The summed E-state index contributed by atoms with van der Waals surface area (Å²) < 4.78 is 6.00. The minimum Gasteiger partial charge on any atom is -0.371 e. The first-order chi connectivity index (χ1) is 8.90. The standard InChI is InChI=1S/C15H18N2O/c1-16-14(13-7-4-9-17-13)15-12-6-3-2-5-11(12)8-10-18-15/h2-7,9,14-17H,8,10H2,1H3. The minimum absolute atomic E-state index is 0.0820. The maximum atomic E-state index is 6.00. The fourth-order valence-corrected chi connectivity index (χ4v) is 2.71. The summed E-state index contributed by atoms with van der Waals surface area (Å²) in [6.07, 6.45) is 3.04. The molecule has 1 aliphatic heterocycles. The first kappa shape index (κ1) is 11.5. The van der Waals surface area contributed by atoms with Crippen molar-refractivity contribution in [3.8, 4) is 0 Å². The molecule has 2 unspecified atom stereocenters. The molecule has 3 heteroatoms. The molecule has 0 saturated heterocycles. The Hall–Kier alpha value is -1.58. The predicted molar refractivity (Wildman–Crippen MR) is 71.4 cm³/mol. The summed E-state index contributed by atoms with van der Waals surface area (Å²) in [5, 5.41) is 3.36. The molecule has 0 amide bonds. The molecule has 0 saturated carbocycles. The van der Waals surface area contributed by atoms with Crippen LogP contribution in [0.2, 0.25) is 0 Å². The summed E-state index contributed by atoms with van der Waals surface area (Å²) in [4.78, 5) is 3.27. The van der Waals surface area contributed by atoms with Gasteiger partial charge in [-0.3, -0.25) is 0 Å². The number of aromatic amines is 1. The number of rotatable bonds is 3. The van der Waals surface area contributed by atoms with Gasteiger partial charge >= 0.3 is 0 Å². The Balaban J connectivity index is 1.97. The van der Waals surface area contributed by atoms with Gasteiger partial charge in [-0.25, -0.2) is 0 Å². The molecule has 0 bridgehead atoms. The van der Waals surface area contributed by atoms with Crippen molar-refractivity contribution in [3.05, 3.63) is 59.4 Å². The molecule has 3 nitrogen and oxygen atoms in total. The van der Waals surface area contributed by atoms with Crippen LogP contribution in [0.1, 0.15) is 29.0 Å². The molecule has 2 heterocycles. The van der Waals surface area contributed by atoms with E-state index in [1.807, 2.05) is 19.3 Å². The smallest absolute Gasteiger partial charge is 0.104 e. The summed E-state index contributed by atoms with van der Waals surface area (Å²) in [5.74, 6) is 0. The van der Waals surface area contributed by atoms with Crippen molar-refractivity contribution >= 4 is 0 Å². The number of H-pyrrole nitrogens is 1. The molecule has 0 spiro atoms. The summed E-state index contributed by atoms with van der Waals surface area (Å²) in [6, 6.07) is 12.8. The molecule has 0 fully saturated rings. The Bertz CT molecular complexity index is 507. The Labute approximate surface area is 107 Å². The van der Waals surface area contributed by atoms with Gasteiger partial charge in [0.1, 0.15) is 6.10 Å². The first-order valence-corrected chi connectivity index (χ1v) is 6.40. The van der Waals surface area contributed by atoms with Gasteiger partial charge in [-0.1, -0.05) is 24.3 Å². The molecule has 2 atom stereocenters. The monoisotopic (exact) mass is 242 g/mol. The van der Waals surface area contributed by atoms with Crippen molar-refractivity contribution in [1.82, 2.24) is 10.3 Å². The molecule has 1 aromatic carbocycles. The van der Waals surface area contributed by atoms with E-state index in [1.54, 1.807) is 0 Å². The second kappa shape index (κ2) is 4.96. The van der Waals surface area contributed by atoms with Gasteiger partial charge in [0.2, 0.25) is 0 Å². The fraction of sp³-hybridized carbons (Fsp3) is 0.333. The van der Waals surface area contributed by atoms with E-state index >= 15 is 0 Å². The molecule has 2 N–H and O–H groups in total. The van der Waals surface area contributed by atoms with Crippen molar-refractivity contribution < 1.29 is 4.74 Å². The van der Waals surface area contributed by atoms with Crippen LogP contribution in [0.15, 0.2) is 42.6 Å². The molecule has 18 heavy (non-hydrogen) atoms. The number of nitrogens with one attached hydrogen (secondary N) is 2. The highest BCUT2D eigenvalue weighted by atomic mass is 16.5. The number of ether oxygens (including phenoxy) is 1. The van der Waals surface area contributed by atoms with Gasteiger partial charge in [-0.05, 0) is 36.7 Å². The molecule has 1 aromatic heterocycles. The maximum Gasteiger partial charge on any atom is 0.104 e. The average molecular weight is 242 g/mol. The van der Waals surface area contributed by atoms with E-state index < -0.39 is 0 Å². The van der Waals surface area contributed by atoms with Crippen LogP contribution in [0, 0.1) is 0 Å². The molecular formula is C15H18N2O. The van der Waals surface area contributed by atoms with Crippen LogP contribution in [0.3, 0.4) is 0 Å². The van der Waals surface area contributed by atoms with Gasteiger partial charge < -0.3 is 15.0 Å². The maximum absolute atomic E-state index is 6.00. The highest BCUT2D eigenvalue weighted by Gasteiger charge is 2.29. The molecule has 94 valence electrons. The summed E-state index contributed by atoms with van der Waals surface area (Å²) >= 11 is 0. The summed E-state index contributed by atoms with van der Waals surface area (Å²) in [7, 11) is 1.98. The largest absolute Gasteiger partial charge is 0.371 e. The zero-order chi connectivity index (χ0) is 12.4. The lowest BCUT2D eigenvalue weighted by atomic mass is 9.92. The fourth-order valence-electron chi connectivity index (χ4n) is 2.71. The zero-order valence-corrected chi connectivity index (χ0v) is 10.5. The van der Waals surface area contributed by atoms with Gasteiger partial charge in [0.05, 0.1) is 12.6 Å². The molecule has 1 aliphatic rings. The van der Waals surface area contributed by atoms with Crippen LogP contribution < -0.4 is 5.32 Å². The molecule has 0 aliphatic carbocycles. The van der Waals surface area contributed by atoms with Gasteiger partial charge in [0.25, 0.3) is 0 Å². The number of aromatic nitrogens is 1. The second-order valence-electron chi connectivity index (χ2n) is 4.63. The lowest BCUT2D eigenvalue weighted by molar-refractivity contribution is 0.0157. The van der Waals surface area contributed by atoms with Gasteiger partial charge in [0.15, 0.2) is 0 Å². The van der Waals surface area contributed by atoms with Crippen molar-refractivity contribution in [1.29, 1.82) is 0 Å². The second-order valence-corrected chi connectivity index (χ2v) is 4.63. The first-order valence-electron chi connectivity index (χ1n) is 6.40. The molecule has 2 aromatic rings. The van der Waals surface area contributed by atoms with E-state index in [-0.39, 0.29) is 12.1 Å². The Morgan fingerprint density at radius 3 is 2.94 bits per heavy atom. The Morgan fingerprint density at radius 2 is 2.17 bits per heavy atom. The SMILES string of the molecule is CNC(c1ccc[nH]1)C1OCCc2ccccc21. The van der Waals surface area contributed by atoms with Crippen molar-refractivity contribution in [2.45, 2.75) is 18.6 Å². The van der Waals surface area contributed by atoms with Crippen LogP contribution in [0.4, 0.5) is 0 Å². The number of fused-ring (bicyclic) bond motifs is 1. The topological polar surface area (TPSA) is 37.0 Å². The highest BCUT2D eigenvalue weighted by molar-refractivity contribution is 5.33. The lowest BCUT2D eigenvalue weighted by Crippen LogP contribution is -2.29. The van der Waals surface area contributed by atoms with Crippen LogP contribution in [-0.4, -0.2) is 18.6 Å². The number of hydrogen-bond acceptors (Lipinski definition) is 2. The number of hydrogen-bond donors (Lipinski definition) is 2. The van der Waals surface area contributed by atoms with Crippen LogP contribution >= 0.6 is 0 Å². The van der Waals surface area contributed by atoms with E-state index in [1.165, 1.54) is 16.8 Å². The van der Waals surface area contributed by atoms with Crippen LogP contribution in [0.5, 0.6) is 0 Å². The van der Waals surface area contributed by atoms with Gasteiger partial charge in [-0.2, -0.15) is 0 Å². The van der Waals surface area contributed by atoms with E-state index in [4.69, 9.17) is 4.74 Å². The molecule has 0 radical (unpaired) electrons. The average Bonchev–Trinajstić information content (AvgIpc) is 2.94. The van der Waals surface area contributed by atoms with Crippen molar-refractivity contribution in [2.75, 3.05) is 13.7 Å². The third kappa shape index (κ3) is 1.96. The molecular weight excluding hydrogens is 224 g/mol. The van der Waals surface area contributed by atoms with Crippen LogP contribution in [-0.2, 0) is 11.2 Å². The third-order valence-corrected chi connectivity index (χ3v) is 3.60. The Morgan fingerprint density at radius 1 is 1.28 bits per heavy atom. The van der Waals surface area contributed by atoms with Crippen LogP contribution in [0.25, 0.3) is 0 Å². The zero-order valence-electron chi connectivity index (χ0n) is 10.5. The highest BCUT2D eigenvalue weighted by Crippen LogP contribution is 2.36. The molecule has 3 rings (SSSR count). The van der Waals surface area contributed by atoms with Crippen molar-refractivity contribution in [2.24, 2.45) is 0 Å². The summed E-state index contributed by atoms with van der Waals surface area (Å²) in [6.45, 7) is 0.792. The lowest BCUT2D eigenvalue weighted by Gasteiger charge is -2.32. The quantitative estimate of drug-likeness (QED) is 0.868. The van der Waals surface area contributed by atoms with E-state index in [2.05, 4.69) is 40.6 Å². The third-order valence-electron chi connectivity index (χ3n) is 3.60. The normalized spacial score (nSPS) is 20.4. The number of likely N-dealkylation sites (N-methyl/N-ethyl adjacent to an activating group) is 1. The van der Waals surface area contributed by atoms with Gasteiger partial charge in [0, 0.05) is 11.9 Å². The minimum atomic E-state index is 0.0820. The number of benzene rings is 1. The van der Waals surface area contributed by atoms with E-state index in [0.717, 1.165) is 13.0 Å². The van der Waals surface area contributed by atoms with Crippen molar-refractivity contribution in [3.63, 3.8) is 0 Å². The van der Waals surface area contributed by atoms with E-state index in [9.17, 15) is 0 Å². The predicted octanol–water partition coefficient (Wildman–Crippen LogP) is 2.59. The summed E-state index contributed by atoms with van der Waals surface area (Å²) in [5.41, 5.74) is 3.87.